The van der Waals surface area contributed by atoms with Crippen molar-refractivity contribution in [1.82, 2.24) is 0 Å². The Balaban J connectivity index is 1.77. The van der Waals surface area contributed by atoms with E-state index in [9.17, 15) is 4.79 Å². The molecule has 0 aromatic heterocycles. The van der Waals surface area contributed by atoms with E-state index in [1.807, 2.05) is 29.2 Å². The smallest absolute Gasteiger partial charge is 0.279 e. The van der Waals surface area contributed by atoms with Crippen LogP contribution in [0.5, 0.6) is 0 Å². The minimum Gasteiger partial charge on any atom is -0.351 e. The van der Waals surface area contributed by atoms with Gasteiger partial charge in [0.2, 0.25) is 0 Å². The van der Waals surface area contributed by atoms with E-state index >= 15 is 0 Å². The molecule has 2 aromatic carbocycles. The summed E-state index contributed by atoms with van der Waals surface area (Å²) >= 11 is 0. The molecule has 0 unspecified atom stereocenters. The second-order valence-corrected chi connectivity index (χ2v) is 7.46. The van der Waals surface area contributed by atoms with E-state index in [2.05, 4.69) is 56.4 Å². The maximum absolute atomic E-state index is 13.3. The number of benzene rings is 2. The van der Waals surface area contributed by atoms with E-state index in [1.54, 1.807) is 0 Å². The third-order valence-corrected chi connectivity index (χ3v) is 5.08. The average Bonchev–Trinajstić information content (AvgIpc) is 2.87. The number of amides is 1. The largest absolute Gasteiger partial charge is 0.351 e. The highest BCUT2D eigenvalue weighted by Gasteiger charge is 2.38. The van der Waals surface area contributed by atoms with Crippen LogP contribution >= 0.6 is 0 Å². The topological polar surface area (TPSA) is 32.3 Å². The normalized spacial score (nSPS) is 19.5. The number of hydrogen-bond donors (Lipinski definition) is 1. The number of allylic oxidation sites excluding steroid dienone is 2. The van der Waals surface area contributed by atoms with Gasteiger partial charge in [0, 0.05) is 16.9 Å². The number of aryl methyl sites for hydroxylation is 2. The molecule has 1 aliphatic heterocycles. The van der Waals surface area contributed by atoms with Crippen molar-refractivity contribution in [3.8, 4) is 0 Å². The zero-order valence-electron chi connectivity index (χ0n) is 15.5. The first-order chi connectivity index (χ1) is 12.5. The van der Waals surface area contributed by atoms with Crippen LogP contribution in [0.3, 0.4) is 0 Å². The Morgan fingerprint density at radius 3 is 2.50 bits per heavy atom. The molecular formula is C23H24N2O. The van der Waals surface area contributed by atoms with Crippen LogP contribution < -0.4 is 10.2 Å². The highest BCUT2D eigenvalue weighted by atomic mass is 16.2. The second kappa shape index (κ2) is 6.49. The van der Waals surface area contributed by atoms with Crippen LogP contribution in [0.1, 0.15) is 30.9 Å². The van der Waals surface area contributed by atoms with Gasteiger partial charge in [-0.2, -0.15) is 0 Å². The molecule has 1 N–H and O–H groups in total. The summed E-state index contributed by atoms with van der Waals surface area (Å²) in [6.45, 7) is 6.36. The molecule has 1 heterocycles. The Bertz CT molecular complexity index is 939. The molecule has 0 saturated carbocycles. The highest BCUT2D eigenvalue weighted by Crippen LogP contribution is 2.41. The predicted octanol–water partition coefficient (Wildman–Crippen LogP) is 5.33. The van der Waals surface area contributed by atoms with E-state index in [0.717, 1.165) is 46.7 Å². The molecule has 0 spiro atoms. The average molecular weight is 344 g/mol. The summed E-state index contributed by atoms with van der Waals surface area (Å²) in [6, 6.07) is 16.3. The molecule has 2 aliphatic rings. The molecule has 0 fully saturated rings. The fourth-order valence-electron chi connectivity index (χ4n) is 3.80. The van der Waals surface area contributed by atoms with Gasteiger partial charge in [-0.3, -0.25) is 9.69 Å². The molecule has 0 radical (unpaired) electrons. The lowest BCUT2D eigenvalue weighted by molar-refractivity contribution is -0.114. The minimum absolute atomic E-state index is 0.0347. The first-order valence-electron chi connectivity index (χ1n) is 9.21. The first kappa shape index (κ1) is 16.6. The molecule has 3 heteroatoms. The van der Waals surface area contributed by atoms with E-state index < -0.39 is 0 Å². The van der Waals surface area contributed by atoms with Gasteiger partial charge >= 0.3 is 0 Å². The molecule has 1 aliphatic carbocycles. The van der Waals surface area contributed by atoms with Crippen molar-refractivity contribution < 1.29 is 4.79 Å². The van der Waals surface area contributed by atoms with E-state index in [-0.39, 0.29) is 5.91 Å². The third kappa shape index (κ3) is 2.94. The zero-order chi connectivity index (χ0) is 18.3. The predicted molar refractivity (Wildman–Crippen MR) is 107 cm³/mol. The number of anilines is 2. The monoisotopic (exact) mass is 344 g/mol. The summed E-state index contributed by atoms with van der Waals surface area (Å²) in [7, 11) is 0. The van der Waals surface area contributed by atoms with Gasteiger partial charge in [-0.15, -0.1) is 0 Å². The Morgan fingerprint density at radius 1 is 1.04 bits per heavy atom. The number of hydrogen-bond acceptors (Lipinski definition) is 2. The van der Waals surface area contributed by atoms with Crippen molar-refractivity contribution in [2.75, 3.05) is 10.2 Å². The van der Waals surface area contributed by atoms with Crippen LogP contribution in [-0.4, -0.2) is 5.91 Å². The van der Waals surface area contributed by atoms with Crippen LogP contribution in [0.4, 0.5) is 11.4 Å². The summed E-state index contributed by atoms with van der Waals surface area (Å²) in [6.07, 6.45) is 4.15. The summed E-state index contributed by atoms with van der Waals surface area (Å²) in [5.74, 6) is 0.584. The van der Waals surface area contributed by atoms with Gasteiger partial charge in [0.1, 0.15) is 5.70 Å². The molecule has 1 atom stereocenters. The summed E-state index contributed by atoms with van der Waals surface area (Å²) in [5, 5.41) is 3.41. The number of rotatable bonds is 3. The molecule has 3 nitrogen and oxygen atoms in total. The van der Waals surface area contributed by atoms with Crippen LogP contribution in [0.2, 0.25) is 0 Å². The summed E-state index contributed by atoms with van der Waals surface area (Å²) < 4.78 is 0. The fraction of sp³-hybridized carbons (Fsp3) is 0.261. The van der Waals surface area contributed by atoms with Crippen molar-refractivity contribution in [2.45, 2.75) is 33.6 Å². The van der Waals surface area contributed by atoms with Gasteiger partial charge in [0.25, 0.3) is 5.91 Å². The Hall–Kier alpha value is -2.81. The van der Waals surface area contributed by atoms with Crippen LogP contribution in [-0.2, 0) is 4.79 Å². The van der Waals surface area contributed by atoms with Gasteiger partial charge in [0.05, 0.1) is 5.70 Å². The Labute approximate surface area is 155 Å². The van der Waals surface area contributed by atoms with E-state index in [4.69, 9.17) is 0 Å². The van der Waals surface area contributed by atoms with Gasteiger partial charge in [-0.05, 0) is 68.0 Å². The van der Waals surface area contributed by atoms with E-state index in [1.165, 1.54) is 5.56 Å². The van der Waals surface area contributed by atoms with Gasteiger partial charge in [0.15, 0.2) is 0 Å². The molecular weight excluding hydrogens is 320 g/mol. The Morgan fingerprint density at radius 2 is 1.77 bits per heavy atom. The minimum atomic E-state index is 0.0347. The molecule has 4 rings (SSSR count). The SMILES string of the molecule is Cc1cccc(NC2=C3C[C@H](C)CC=C3N(c3cccc(C)c3)C2=O)c1. The van der Waals surface area contributed by atoms with Crippen LogP contribution in [0, 0.1) is 19.8 Å². The zero-order valence-corrected chi connectivity index (χ0v) is 15.5. The lowest BCUT2D eigenvalue weighted by Gasteiger charge is -2.24. The lowest BCUT2D eigenvalue weighted by atomic mass is 9.90. The molecule has 0 saturated heterocycles. The fourth-order valence-corrected chi connectivity index (χ4v) is 3.80. The van der Waals surface area contributed by atoms with Gasteiger partial charge in [-0.1, -0.05) is 37.3 Å². The number of carbonyl (C=O) groups excluding carboxylic acids is 1. The maximum atomic E-state index is 13.3. The molecule has 1 amide bonds. The van der Waals surface area contributed by atoms with Crippen molar-refractivity contribution >= 4 is 17.3 Å². The van der Waals surface area contributed by atoms with Gasteiger partial charge in [-0.25, -0.2) is 0 Å². The van der Waals surface area contributed by atoms with Crippen molar-refractivity contribution in [3.63, 3.8) is 0 Å². The van der Waals surface area contributed by atoms with Crippen LogP contribution in [0.15, 0.2) is 71.6 Å². The quantitative estimate of drug-likeness (QED) is 0.816. The molecule has 2 aromatic rings. The number of nitrogens with one attached hydrogen (secondary N) is 1. The lowest BCUT2D eigenvalue weighted by Crippen LogP contribution is -2.27. The van der Waals surface area contributed by atoms with Crippen LogP contribution in [0.25, 0.3) is 0 Å². The second-order valence-electron chi connectivity index (χ2n) is 7.46. The number of carbonyl (C=O) groups is 1. The third-order valence-electron chi connectivity index (χ3n) is 5.08. The summed E-state index contributed by atoms with van der Waals surface area (Å²) in [4.78, 5) is 15.2. The number of fused-ring (bicyclic) bond motifs is 1. The van der Waals surface area contributed by atoms with E-state index in [0.29, 0.717) is 5.92 Å². The molecule has 26 heavy (non-hydrogen) atoms. The standard InChI is InChI=1S/C23H24N2O/c1-15-6-4-8-18(12-15)24-22-20-14-17(3)10-11-21(20)25(23(22)26)19-9-5-7-16(2)13-19/h4-9,11-13,17,24H,10,14H2,1-3H3/t17-/m1/s1. The van der Waals surface area contributed by atoms with Crippen molar-refractivity contribution in [1.29, 1.82) is 0 Å². The first-order valence-corrected chi connectivity index (χ1v) is 9.21. The molecule has 132 valence electrons. The highest BCUT2D eigenvalue weighted by molar-refractivity contribution is 6.15. The maximum Gasteiger partial charge on any atom is 0.279 e. The van der Waals surface area contributed by atoms with Crippen molar-refractivity contribution in [3.05, 3.63) is 82.7 Å². The Kier molecular flexibility index (Phi) is 4.15. The molecule has 0 bridgehead atoms. The summed E-state index contributed by atoms with van der Waals surface area (Å²) in [5.41, 5.74) is 7.13. The van der Waals surface area contributed by atoms with Gasteiger partial charge < -0.3 is 5.32 Å². The number of nitrogens with zero attached hydrogens (tertiary/aromatic N) is 1. The van der Waals surface area contributed by atoms with Crippen molar-refractivity contribution in [2.24, 2.45) is 5.92 Å².